The number of imide groups is 1. The van der Waals surface area contributed by atoms with Gasteiger partial charge in [-0.25, -0.2) is 0 Å². The first-order chi connectivity index (χ1) is 10.4. The fraction of sp³-hybridized carbons (Fsp3) is 0.529. The second kappa shape index (κ2) is 5.36. The summed E-state index contributed by atoms with van der Waals surface area (Å²) < 4.78 is 0. The van der Waals surface area contributed by atoms with Gasteiger partial charge in [0.05, 0.1) is 11.6 Å². The van der Waals surface area contributed by atoms with E-state index in [-0.39, 0.29) is 18.0 Å². The molecule has 0 radical (unpaired) electrons. The normalized spacial score (nSPS) is 21.6. The standard InChI is InChI=1S/C17H21ClN2O2/c1-11(19(2)3)20-15(21)13-10-12(18)6-7-14(13)17(16(20)22)8-4-5-9-17/h6-7,10-11H,4-5,8-9H2,1-3H3. The molecule has 5 heteroatoms. The fourth-order valence-corrected chi connectivity index (χ4v) is 3.88. The van der Waals surface area contributed by atoms with E-state index in [1.807, 2.05) is 32.0 Å². The molecule has 118 valence electrons. The number of rotatable bonds is 2. The Kier molecular flexibility index (Phi) is 3.77. The Morgan fingerprint density at radius 3 is 2.45 bits per heavy atom. The maximum absolute atomic E-state index is 13.2. The number of amides is 2. The minimum atomic E-state index is -0.544. The molecule has 1 fully saturated rings. The molecule has 0 saturated heterocycles. The van der Waals surface area contributed by atoms with E-state index in [1.165, 1.54) is 4.90 Å². The minimum Gasteiger partial charge on any atom is -0.289 e. The summed E-state index contributed by atoms with van der Waals surface area (Å²) in [6, 6.07) is 5.36. The van der Waals surface area contributed by atoms with Gasteiger partial charge < -0.3 is 0 Å². The highest BCUT2D eigenvalue weighted by Crippen LogP contribution is 2.47. The predicted molar refractivity (Wildman–Crippen MR) is 85.9 cm³/mol. The van der Waals surface area contributed by atoms with E-state index in [1.54, 1.807) is 12.1 Å². The molecule has 1 spiro atoms. The maximum Gasteiger partial charge on any atom is 0.262 e. The van der Waals surface area contributed by atoms with Crippen molar-refractivity contribution in [3.63, 3.8) is 0 Å². The zero-order valence-electron chi connectivity index (χ0n) is 13.2. The molecule has 1 heterocycles. The van der Waals surface area contributed by atoms with E-state index in [0.717, 1.165) is 31.2 Å². The molecule has 1 atom stereocenters. The highest BCUT2D eigenvalue weighted by molar-refractivity contribution is 6.31. The summed E-state index contributed by atoms with van der Waals surface area (Å²) in [5.41, 5.74) is 0.910. The Balaban J connectivity index is 2.19. The van der Waals surface area contributed by atoms with Crippen LogP contribution in [0.1, 0.15) is 48.5 Å². The largest absolute Gasteiger partial charge is 0.289 e. The van der Waals surface area contributed by atoms with Gasteiger partial charge in [0.25, 0.3) is 5.91 Å². The van der Waals surface area contributed by atoms with Gasteiger partial charge in [0, 0.05) is 10.6 Å². The van der Waals surface area contributed by atoms with Crippen molar-refractivity contribution in [3.8, 4) is 0 Å². The van der Waals surface area contributed by atoms with Crippen molar-refractivity contribution >= 4 is 23.4 Å². The Hall–Kier alpha value is -1.39. The number of halogens is 1. The molecule has 1 aliphatic carbocycles. The lowest BCUT2D eigenvalue weighted by Crippen LogP contribution is -2.59. The lowest BCUT2D eigenvalue weighted by atomic mass is 9.72. The van der Waals surface area contributed by atoms with Crippen molar-refractivity contribution in [1.82, 2.24) is 9.80 Å². The van der Waals surface area contributed by atoms with Crippen LogP contribution in [0, 0.1) is 0 Å². The van der Waals surface area contributed by atoms with Crippen LogP contribution in [0.15, 0.2) is 18.2 Å². The van der Waals surface area contributed by atoms with Crippen LogP contribution < -0.4 is 0 Å². The summed E-state index contributed by atoms with van der Waals surface area (Å²) in [7, 11) is 3.75. The van der Waals surface area contributed by atoms with E-state index in [0.29, 0.717) is 10.6 Å². The Bertz CT molecular complexity index is 636. The Labute approximate surface area is 136 Å². The van der Waals surface area contributed by atoms with Crippen molar-refractivity contribution in [3.05, 3.63) is 34.3 Å². The van der Waals surface area contributed by atoms with E-state index < -0.39 is 5.41 Å². The third kappa shape index (κ3) is 2.09. The van der Waals surface area contributed by atoms with Gasteiger partial charge in [-0.05, 0) is 51.6 Å². The van der Waals surface area contributed by atoms with Crippen molar-refractivity contribution in [2.75, 3.05) is 14.1 Å². The van der Waals surface area contributed by atoms with E-state index in [2.05, 4.69) is 0 Å². The molecular weight excluding hydrogens is 300 g/mol. The van der Waals surface area contributed by atoms with Gasteiger partial charge in [0.15, 0.2) is 0 Å². The van der Waals surface area contributed by atoms with Crippen molar-refractivity contribution in [1.29, 1.82) is 0 Å². The topological polar surface area (TPSA) is 40.6 Å². The van der Waals surface area contributed by atoms with Gasteiger partial charge in [-0.15, -0.1) is 0 Å². The van der Waals surface area contributed by atoms with Crippen LogP contribution in [0.4, 0.5) is 0 Å². The number of hydrogen-bond acceptors (Lipinski definition) is 3. The maximum atomic E-state index is 13.2. The molecule has 0 aromatic heterocycles. The molecule has 0 N–H and O–H groups in total. The number of carbonyl (C=O) groups is 2. The van der Waals surface area contributed by atoms with Gasteiger partial charge in [0.2, 0.25) is 5.91 Å². The number of hydrogen-bond donors (Lipinski definition) is 0. The first kappa shape index (κ1) is 15.5. The lowest BCUT2D eigenvalue weighted by molar-refractivity contribution is -0.139. The zero-order valence-corrected chi connectivity index (χ0v) is 14.0. The number of carbonyl (C=O) groups excluding carboxylic acids is 2. The van der Waals surface area contributed by atoms with Gasteiger partial charge >= 0.3 is 0 Å². The fourth-order valence-electron chi connectivity index (χ4n) is 3.71. The molecule has 0 bridgehead atoms. The van der Waals surface area contributed by atoms with Crippen molar-refractivity contribution in [2.45, 2.75) is 44.2 Å². The molecule has 1 aromatic rings. The van der Waals surface area contributed by atoms with E-state index in [9.17, 15) is 9.59 Å². The van der Waals surface area contributed by atoms with Gasteiger partial charge in [-0.1, -0.05) is 30.5 Å². The highest BCUT2D eigenvalue weighted by Gasteiger charge is 2.53. The smallest absolute Gasteiger partial charge is 0.262 e. The molecule has 1 aromatic carbocycles. The molecule has 3 rings (SSSR count). The van der Waals surface area contributed by atoms with E-state index >= 15 is 0 Å². The second-order valence-corrected chi connectivity index (χ2v) is 6.99. The summed E-state index contributed by atoms with van der Waals surface area (Å²) >= 11 is 6.10. The van der Waals surface area contributed by atoms with E-state index in [4.69, 9.17) is 11.6 Å². The third-order valence-corrected chi connectivity index (χ3v) is 5.39. The van der Waals surface area contributed by atoms with Crippen LogP contribution in [-0.2, 0) is 10.2 Å². The first-order valence-corrected chi connectivity index (χ1v) is 8.11. The Morgan fingerprint density at radius 1 is 1.23 bits per heavy atom. The first-order valence-electron chi connectivity index (χ1n) is 7.73. The molecule has 2 aliphatic rings. The summed E-state index contributed by atoms with van der Waals surface area (Å²) in [6.45, 7) is 1.88. The average molecular weight is 321 g/mol. The molecule has 1 aliphatic heterocycles. The SMILES string of the molecule is CC(N(C)C)N1C(=O)c2cc(Cl)ccc2C2(CCCC2)C1=O. The quantitative estimate of drug-likeness (QED) is 0.786. The number of benzene rings is 1. The van der Waals surface area contributed by atoms with Gasteiger partial charge in [-0.3, -0.25) is 19.4 Å². The summed E-state index contributed by atoms with van der Waals surface area (Å²) in [5.74, 6) is -0.285. The van der Waals surface area contributed by atoms with Crippen molar-refractivity contribution < 1.29 is 9.59 Å². The Morgan fingerprint density at radius 2 is 1.86 bits per heavy atom. The van der Waals surface area contributed by atoms with Crippen LogP contribution in [0.5, 0.6) is 0 Å². The summed E-state index contributed by atoms with van der Waals surface area (Å²) in [4.78, 5) is 29.4. The summed E-state index contributed by atoms with van der Waals surface area (Å²) in [5, 5.41) is 0.534. The summed E-state index contributed by atoms with van der Waals surface area (Å²) in [6.07, 6.45) is 3.39. The van der Waals surface area contributed by atoms with Crippen LogP contribution >= 0.6 is 11.6 Å². The molecule has 2 amide bonds. The average Bonchev–Trinajstić information content (AvgIpc) is 2.96. The minimum absolute atomic E-state index is 0.0500. The predicted octanol–water partition coefficient (Wildman–Crippen LogP) is 3.04. The number of fused-ring (bicyclic) bond motifs is 2. The van der Waals surface area contributed by atoms with Crippen LogP contribution in [-0.4, -0.2) is 41.9 Å². The second-order valence-electron chi connectivity index (χ2n) is 6.55. The van der Waals surface area contributed by atoms with Crippen LogP contribution in [0.2, 0.25) is 5.02 Å². The van der Waals surface area contributed by atoms with Crippen LogP contribution in [0.3, 0.4) is 0 Å². The van der Waals surface area contributed by atoms with Gasteiger partial charge in [-0.2, -0.15) is 0 Å². The highest BCUT2D eigenvalue weighted by atomic mass is 35.5. The van der Waals surface area contributed by atoms with Crippen molar-refractivity contribution in [2.24, 2.45) is 0 Å². The monoisotopic (exact) mass is 320 g/mol. The molecule has 1 saturated carbocycles. The van der Waals surface area contributed by atoms with Crippen LogP contribution in [0.25, 0.3) is 0 Å². The lowest BCUT2D eigenvalue weighted by Gasteiger charge is -2.43. The molecule has 22 heavy (non-hydrogen) atoms. The van der Waals surface area contributed by atoms with Gasteiger partial charge in [0.1, 0.15) is 0 Å². The zero-order chi connectivity index (χ0) is 16.1. The number of nitrogens with zero attached hydrogens (tertiary/aromatic N) is 2. The molecular formula is C17H21ClN2O2. The third-order valence-electron chi connectivity index (χ3n) is 5.15. The molecule has 4 nitrogen and oxygen atoms in total. The molecule has 1 unspecified atom stereocenters.